The first-order chi connectivity index (χ1) is 16.9. The minimum Gasteiger partial charge on any atom is -0.495 e. The van der Waals surface area contributed by atoms with E-state index in [-0.39, 0.29) is 29.8 Å². The van der Waals surface area contributed by atoms with E-state index in [0.29, 0.717) is 41.6 Å². The maximum atomic E-state index is 13.2. The summed E-state index contributed by atoms with van der Waals surface area (Å²) in [5.41, 5.74) is 1.33. The average Bonchev–Trinajstić information content (AvgIpc) is 3.50. The summed E-state index contributed by atoms with van der Waals surface area (Å²) < 4.78 is 11.1. The number of methoxy groups -OCH3 is 1. The second-order valence-electron chi connectivity index (χ2n) is 11.0. The predicted octanol–water partition coefficient (Wildman–Crippen LogP) is 5.39. The van der Waals surface area contributed by atoms with Gasteiger partial charge in [0.1, 0.15) is 22.6 Å². The Labute approximate surface area is 218 Å². The van der Waals surface area contributed by atoms with Crippen molar-refractivity contribution >= 4 is 29.3 Å². The minimum absolute atomic E-state index is 0.00795. The first-order valence-corrected chi connectivity index (χ1v) is 13.0. The van der Waals surface area contributed by atoms with Crippen LogP contribution in [0.2, 0.25) is 5.02 Å². The summed E-state index contributed by atoms with van der Waals surface area (Å²) in [4.78, 5) is 27.1. The lowest BCUT2D eigenvalue weighted by atomic mass is 9.85. The predicted molar refractivity (Wildman–Crippen MR) is 140 cm³/mol. The molecule has 0 aromatic heterocycles. The van der Waals surface area contributed by atoms with Gasteiger partial charge in [-0.15, -0.1) is 0 Å². The number of fused-ring (bicyclic) bond motifs is 5. The van der Waals surface area contributed by atoms with Gasteiger partial charge in [0.15, 0.2) is 0 Å². The normalized spacial score (nSPS) is 35.6. The number of rotatable bonds is 1. The van der Waals surface area contributed by atoms with Gasteiger partial charge in [0.05, 0.1) is 12.8 Å². The van der Waals surface area contributed by atoms with Crippen molar-refractivity contribution in [2.75, 3.05) is 19.1 Å². The van der Waals surface area contributed by atoms with Crippen LogP contribution in [0.3, 0.4) is 0 Å². The summed E-state index contributed by atoms with van der Waals surface area (Å²) >= 11 is 6.61. The van der Waals surface area contributed by atoms with E-state index in [4.69, 9.17) is 21.1 Å². The first kappa shape index (κ1) is 26.6. The smallest absolute Gasteiger partial charge is 0.409 e. The Kier molecular flexibility index (Phi) is 7.45. The van der Waals surface area contributed by atoms with Crippen LogP contribution in [0.5, 0.6) is 5.75 Å². The van der Waals surface area contributed by atoms with Gasteiger partial charge in [-0.1, -0.05) is 49.2 Å². The van der Waals surface area contributed by atoms with Crippen molar-refractivity contribution in [2.24, 2.45) is 17.3 Å². The number of aliphatic hydroxyl groups is 1. The number of ether oxygens (including phenoxy) is 2. The number of carbonyl (C=O) groups is 2. The van der Waals surface area contributed by atoms with E-state index in [1.807, 2.05) is 37.3 Å². The molecule has 1 saturated heterocycles. The molecule has 5 atom stereocenters. The molecule has 4 rings (SSSR count). The lowest BCUT2D eigenvalue weighted by Gasteiger charge is -2.39. The molecule has 2 heterocycles. The summed E-state index contributed by atoms with van der Waals surface area (Å²) in [5.74, 6) is 0.910. The van der Waals surface area contributed by atoms with Crippen LogP contribution in [-0.4, -0.2) is 43.1 Å². The van der Waals surface area contributed by atoms with E-state index >= 15 is 0 Å². The van der Waals surface area contributed by atoms with Crippen molar-refractivity contribution in [3.05, 3.63) is 46.5 Å². The average molecular weight is 517 g/mol. The van der Waals surface area contributed by atoms with Gasteiger partial charge in [0.2, 0.25) is 5.91 Å². The molecule has 4 unspecified atom stereocenters. The second kappa shape index (κ2) is 10.1. The van der Waals surface area contributed by atoms with Crippen LogP contribution < -0.4 is 15.0 Å². The number of allylic oxidation sites excluding steroid dienone is 3. The lowest BCUT2D eigenvalue weighted by Crippen LogP contribution is -2.57. The highest BCUT2D eigenvalue weighted by Crippen LogP contribution is 2.60. The summed E-state index contributed by atoms with van der Waals surface area (Å²) in [7, 11) is 3.33. The zero-order chi connectivity index (χ0) is 26.3. The van der Waals surface area contributed by atoms with Crippen LogP contribution in [0.4, 0.5) is 10.5 Å². The van der Waals surface area contributed by atoms with Crippen molar-refractivity contribution < 1.29 is 24.2 Å². The maximum Gasteiger partial charge on any atom is 0.409 e. The number of hydrogen-bond acceptors (Lipinski definition) is 5. The van der Waals surface area contributed by atoms with E-state index in [1.165, 1.54) is 0 Å². The fourth-order valence-corrected chi connectivity index (χ4v) is 6.04. The van der Waals surface area contributed by atoms with Crippen LogP contribution in [0.25, 0.3) is 0 Å². The van der Waals surface area contributed by atoms with E-state index in [0.717, 1.165) is 24.0 Å². The van der Waals surface area contributed by atoms with Gasteiger partial charge in [-0.2, -0.15) is 0 Å². The molecule has 36 heavy (non-hydrogen) atoms. The molecule has 0 radical (unpaired) electrons. The molecule has 1 aliphatic carbocycles. The van der Waals surface area contributed by atoms with Crippen LogP contribution in [0.1, 0.15) is 58.4 Å². The van der Waals surface area contributed by atoms with Crippen molar-refractivity contribution in [3.63, 3.8) is 0 Å². The molecule has 2 amide bonds. The second-order valence-corrected chi connectivity index (χ2v) is 11.4. The molecular formula is C28H37ClN2O5. The molecule has 196 valence electrons. The number of nitrogens with zero attached hydrogens (tertiary/aromatic N) is 1. The third-order valence-corrected chi connectivity index (χ3v) is 8.55. The number of benzene rings is 1. The number of halogens is 1. The van der Waals surface area contributed by atoms with Gasteiger partial charge in [-0.25, -0.2) is 4.79 Å². The molecule has 4 bridgehead atoms. The molecule has 1 saturated carbocycles. The highest BCUT2D eigenvalue weighted by atomic mass is 35.5. The molecule has 2 fully saturated rings. The number of hydrogen-bond donors (Lipinski definition) is 2. The van der Waals surface area contributed by atoms with Crippen LogP contribution >= 0.6 is 11.6 Å². The molecular weight excluding hydrogens is 480 g/mol. The summed E-state index contributed by atoms with van der Waals surface area (Å²) in [6.07, 6.45) is 8.09. The van der Waals surface area contributed by atoms with Crippen LogP contribution in [0, 0.1) is 17.3 Å². The Hall–Kier alpha value is -2.51. The Morgan fingerprint density at radius 1 is 1.28 bits per heavy atom. The lowest BCUT2D eigenvalue weighted by molar-refractivity contribution is -0.118. The molecule has 1 aromatic carbocycles. The highest BCUT2D eigenvalue weighted by Gasteiger charge is 2.55. The third kappa shape index (κ3) is 5.57. The highest BCUT2D eigenvalue weighted by molar-refractivity contribution is 6.35. The van der Waals surface area contributed by atoms with E-state index in [2.05, 4.69) is 19.2 Å². The van der Waals surface area contributed by atoms with E-state index in [9.17, 15) is 14.7 Å². The number of anilines is 1. The van der Waals surface area contributed by atoms with Crippen molar-refractivity contribution in [1.82, 2.24) is 5.32 Å². The SMILES string of the molecule is COc1cc2cc(c1Cl)N(C)C(=O)CCC1(C)CC1C(C)C1C[C@](O)(C/C=C/C=C(\C)C2)NC(=O)O1. The van der Waals surface area contributed by atoms with Gasteiger partial charge >= 0.3 is 6.09 Å². The number of alkyl carbamates (subject to hydrolysis) is 1. The number of carbonyl (C=O) groups excluding carboxylic acids is 2. The van der Waals surface area contributed by atoms with Crippen LogP contribution in [-0.2, 0) is 16.0 Å². The van der Waals surface area contributed by atoms with Crippen molar-refractivity contribution in [1.29, 1.82) is 0 Å². The van der Waals surface area contributed by atoms with Gasteiger partial charge < -0.3 is 19.5 Å². The Bertz CT molecular complexity index is 1100. The van der Waals surface area contributed by atoms with E-state index < -0.39 is 11.8 Å². The zero-order valence-corrected chi connectivity index (χ0v) is 22.5. The summed E-state index contributed by atoms with van der Waals surface area (Å²) in [6, 6.07) is 3.84. The van der Waals surface area contributed by atoms with Crippen molar-refractivity contribution in [2.45, 2.75) is 71.1 Å². The number of amides is 2. The van der Waals surface area contributed by atoms with Gasteiger partial charge in [0, 0.05) is 26.3 Å². The fourth-order valence-electron chi connectivity index (χ4n) is 5.72. The first-order valence-electron chi connectivity index (χ1n) is 12.6. The van der Waals surface area contributed by atoms with Gasteiger partial charge in [0.25, 0.3) is 0 Å². The topological polar surface area (TPSA) is 88.1 Å². The monoisotopic (exact) mass is 516 g/mol. The molecule has 2 aliphatic heterocycles. The molecule has 8 heteroatoms. The molecule has 1 aromatic rings. The molecule has 3 aliphatic rings. The zero-order valence-electron chi connectivity index (χ0n) is 21.8. The minimum atomic E-state index is -1.35. The Balaban J connectivity index is 1.66. The Morgan fingerprint density at radius 2 is 2.03 bits per heavy atom. The number of nitrogens with one attached hydrogen (secondary N) is 1. The summed E-state index contributed by atoms with van der Waals surface area (Å²) in [6.45, 7) is 6.28. The molecule has 2 N–H and O–H groups in total. The van der Waals surface area contributed by atoms with E-state index in [1.54, 1.807) is 19.1 Å². The largest absolute Gasteiger partial charge is 0.495 e. The Morgan fingerprint density at radius 3 is 2.75 bits per heavy atom. The summed E-state index contributed by atoms with van der Waals surface area (Å²) in [5, 5.41) is 14.2. The van der Waals surface area contributed by atoms with Crippen LogP contribution in [0.15, 0.2) is 35.9 Å². The van der Waals surface area contributed by atoms with Gasteiger partial charge in [-0.05, 0) is 61.1 Å². The fraction of sp³-hybridized carbons (Fsp3) is 0.571. The molecule has 7 nitrogen and oxygen atoms in total. The molecule has 0 spiro atoms. The standard InChI is InChI=1S/C28H37ClN2O5/c1-17-8-6-7-10-28(34)16-23(36-26(33)30-28)18(2)20-15-27(20,3)11-9-24(32)31(4)21-13-19(12-17)14-22(35-5)25(21)29/h6-8,13-14,18,20,23,34H,9-12,15-16H2,1-5H3,(H,30,33)/b7-6+,17-8+/t18?,20?,23?,27?,28-/m1/s1. The maximum absolute atomic E-state index is 13.2. The quantitative estimate of drug-likeness (QED) is 0.522. The van der Waals surface area contributed by atoms with Crippen molar-refractivity contribution in [3.8, 4) is 5.75 Å². The van der Waals surface area contributed by atoms with Gasteiger partial charge in [-0.3, -0.25) is 10.1 Å². The third-order valence-electron chi connectivity index (χ3n) is 8.17.